The van der Waals surface area contributed by atoms with Crippen molar-refractivity contribution in [3.05, 3.63) is 53.6 Å². The summed E-state index contributed by atoms with van der Waals surface area (Å²) in [5, 5.41) is 3.86. The van der Waals surface area contributed by atoms with E-state index in [0.29, 0.717) is 18.6 Å². The molecule has 0 saturated carbocycles. The van der Waals surface area contributed by atoms with Gasteiger partial charge in [-0.3, -0.25) is 4.98 Å². The van der Waals surface area contributed by atoms with Crippen LogP contribution in [0.3, 0.4) is 0 Å². The fraction of sp³-hybridized carbons (Fsp3) is 0.455. The summed E-state index contributed by atoms with van der Waals surface area (Å²) in [6.45, 7) is 0.700. The highest BCUT2D eigenvalue weighted by Gasteiger charge is 2.24. The van der Waals surface area contributed by atoms with E-state index in [2.05, 4.69) is 21.4 Å². The Bertz CT molecular complexity index is 922. The van der Waals surface area contributed by atoms with Gasteiger partial charge in [0.25, 0.3) is 0 Å². The number of aryl methyl sites for hydroxylation is 1. The zero-order valence-corrected chi connectivity index (χ0v) is 16.4. The van der Waals surface area contributed by atoms with Crippen molar-refractivity contribution in [3.63, 3.8) is 0 Å². The van der Waals surface area contributed by atoms with Gasteiger partial charge in [0.1, 0.15) is 17.1 Å². The van der Waals surface area contributed by atoms with Crippen LogP contribution in [0.2, 0.25) is 0 Å². The summed E-state index contributed by atoms with van der Waals surface area (Å²) in [6.07, 6.45) is 8.18. The van der Waals surface area contributed by atoms with Gasteiger partial charge in [-0.25, -0.2) is 4.98 Å². The average Bonchev–Trinajstić information content (AvgIpc) is 3.14. The van der Waals surface area contributed by atoms with Crippen molar-refractivity contribution in [2.24, 2.45) is 5.73 Å². The van der Waals surface area contributed by atoms with E-state index in [9.17, 15) is 0 Å². The number of rotatable bonds is 8. The molecule has 28 heavy (non-hydrogen) atoms. The number of fused-ring (bicyclic) bond motifs is 2. The molecule has 1 aliphatic rings. The molecule has 0 fully saturated rings. The summed E-state index contributed by atoms with van der Waals surface area (Å²) in [5.41, 5.74) is 10.3. The number of aromatic nitrogens is 3. The summed E-state index contributed by atoms with van der Waals surface area (Å²) in [5.74, 6) is 1.78. The Morgan fingerprint density at radius 2 is 2.25 bits per heavy atom. The molecule has 148 valence electrons. The summed E-state index contributed by atoms with van der Waals surface area (Å²) >= 11 is 0. The maximum Gasteiger partial charge on any atom is 0.146 e. The molecular weight excluding hydrogens is 350 g/mol. The van der Waals surface area contributed by atoms with Gasteiger partial charge in [0.2, 0.25) is 0 Å². The number of nitrogens with one attached hydrogen (secondary N) is 2. The molecule has 0 spiro atoms. The molecule has 0 amide bonds. The number of pyridine rings is 1. The molecule has 6 heteroatoms. The first-order valence-electron chi connectivity index (χ1n) is 10.2. The number of methoxy groups -OCH3 is 1. The Morgan fingerprint density at radius 1 is 1.32 bits per heavy atom. The molecule has 1 unspecified atom stereocenters. The lowest BCUT2D eigenvalue weighted by Crippen LogP contribution is -2.37. The van der Waals surface area contributed by atoms with Crippen LogP contribution in [0.4, 0.5) is 0 Å². The fourth-order valence-electron chi connectivity index (χ4n) is 4.22. The maximum atomic E-state index is 5.80. The quantitative estimate of drug-likeness (QED) is 0.559. The topological polar surface area (TPSA) is 88.9 Å². The standard InChI is InChI=1S/C22H29N5O/c1-28-19-11-3-10-18-22(19)27-20(26-18)14-16(8-4-12-23)25-17-9-2-6-15-7-5-13-24-21(15)17/h3,5,7,10-11,13,16-17,25H,2,4,6,8-9,12,14,23H2,1H3,(H,26,27)/t16?,17-/m0/s1. The Hall–Kier alpha value is -2.44. The van der Waals surface area contributed by atoms with Gasteiger partial charge in [-0.1, -0.05) is 12.1 Å². The first-order chi connectivity index (χ1) is 13.8. The predicted octanol–water partition coefficient (Wildman–Crippen LogP) is 3.28. The average molecular weight is 380 g/mol. The van der Waals surface area contributed by atoms with E-state index in [-0.39, 0.29) is 0 Å². The third-order valence-corrected chi connectivity index (χ3v) is 5.57. The van der Waals surface area contributed by atoms with Gasteiger partial charge in [0, 0.05) is 24.7 Å². The second kappa shape index (κ2) is 8.71. The fourth-order valence-corrected chi connectivity index (χ4v) is 4.22. The molecule has 4 rings (SSSR count). The van der Waals surface area contributed by atoms with Crippen LogP contribution in [0.25, 0.3) is 11.0 Å². The van der Waals surface area contributed by atoms with E-state index < -0.39 is 0 Å². The SMILES string of the molecule is COc1cccc2[nH]c(CC(CCCN)N[C@H]3CCCc4cccnc43)nc12. The van der Waals surface area contributed by atoms with Crippen molar-refractivity contribution in [1.82, 2.24) is 20.3 Å². The number of aromatic amines is 1. The van der Waals surface area contributed by atoms with Crippen LogP contribution in [0.15, 0.2) is 36.5 Å². The molecule has 0 radical (unpaired) electrons. The van der Waals surface area contributed by atoms with Crippen LogP contribution < -0.4 is 15.8 Å². The minimum absolute atomic E-state index is 0.298. The minimum Gasteiger partial charge on any atom is -0.494 e. The van der Waals surface area contributed by atoms with Crippen LogP contribution in [0, 0.1) is 0 Å². The number of hydrogen-bond donors (Lipinski definition) is 3. The smallest absolute Gasteiger partial charge is 0.146 e. The van der Waals surface area contributed by atoms with Crippen molar-refractivity contribution in [2.75, 3.05) is 13.7 Å². The molecular formula is C22H29N5O. The van der Waals surface area contributed by atoms with Crippen molar-refractivity contribution in [3.8, 4) is 5.75 Å². The lowest BCUT2D eigenvalue weighted by molar-refractivity contribution is 0.363. The van der Waals surface area contributed by atoms with E-state index in [4.69, 9.17) is 15.5 Å². The number of ether oxygens (including phenoxy) is 1. The zero-order valence-electron chi connectivity index (χ0n) is 16.4. The number of para-hydroxylation sites is 1. The van der Waals surface area contributed by atoms with Crippen LogP contribution in [-0.2, 0) is 12.8 Å². The zero-order chi connectivity index (χ0) is 19.3. The molecule has 6 nitrogen and oxygen atoms in total. The highest BCUT2D eigenvalue weighted by molar-refractivity contribution is 5.81. The van der Waals surface area contributed by atoms with E-state index >= 15 is 0 Å². The molecule has 0 bridgehead atoms. The number of nitrogens with zero attached hydrogens (tertiary/aromatic N) is 2. The van der Waals surface area contributed by atoms with Crippen molar-refractivity contribution < 1.29 is 4.74 Å². The van der Waals surface area contributed by atoms with Gasteiger partial charge in [-0.15, -0.1) is 0 Å². The van der Waals surface area contributed by atoms with Crippen LogP contribution >= 0.6 is 0 Å². The molecule has 4 N–H and O–H groups in total. The second-order valence-electron chi connectivity index (χ2n) is 7.53. The van der Waals surface area contributed by atoms with Gasteiger partial charge in [0.05, 0.1) is 18.3 Å². The number of benzene rings is 1. The highest BCUT2D eigenvalue weighted by atomic mass is 16.5. The summed E-state index contributed by atoms with van der Waals surface area (Å²) in [7, 11) is 1.68. The molecule has 0 aliphatic heterocycles. The first kappa shape index (κ1) is 18.9. The van der Waals surface area contributed by atoms with E-state index in [1.807, 2.05) is 30.5 Å². The summed E-state index contributed by atoms with van der Waals surface area (Å²) in [4.78, 5) is 12.9. The van der Waals surface area contributed by atoms with Gasteiger partial charge in [-0.2, -0.15) is 0 Å². The summed E-state index contributed by atoms with van der Waals surface area (Å²) < 4.78 is 5.45. The molecule has 0 saturated heterocycles. The number of imidazole rings is 1. The van der Waals surface area contributed by atoms with Gasteiger partial charge in [-0.05, 0) is 62.4 Å². The first-order valence-corrected chi connectivity index (χ1v) is 10.2. The maximum absolute atomic E-state index is 5.80. The Balaban J connectivity index is 1.54. The molecule has 1 aliphatic carbocycles. The van der Waals surface area contributed by atoms with Gasteiger partial charge in [0.15, 0.2) is 0 Å². The second-order valence-corrected chi connectivity index (χ2v) is 7.53. The third-order valence-electron chi connectivity index (χ3n) is 5.57. The van der Waals surface area contributed by atoms with Crippen molar-refractivity contribution in [2.45, 2.75) is 50.6 Å². The molecule has 2 atom stereocenters. The number of hydrogen-bond acceptors (Lipinski definition) is 5. The van der Waals surface area contributed by atoms with Crippen LogP contribution in [-0.4, -0.2) is 34.6 Å². The monoisotopic (exact) mass is 379 g/mol. The van der Waals surface area contributed by atoms with Crippen molar-refractivity contribution >= 4 is 11.0 Å². The van der Waals surface area contributed by atoms with Crippen LogP contribution in [0.5, 0.6) is 5.75 Å². The van der Waals surface area contributed by atoms with Gasteiger partial charge >= 0.3 is 0 Å². The lowest BCUT2D eigenvalue weighted by atomic mass is 9.91. The predicted molar refractivity (Wildman–Crippen MR) is 111 cm³/mol. The number of nitrogens with two attached hydrogens (primary N) is 1. The Kier molecular flexibility index (Phi) is 5.88. The normalized spacial score (nSPS) is 17.4. The highest BCUT2D eigenvalue weighted by Crippen LogP contribution is 2.29. The van der Waals surface area contributed by atoms with E-state index in [1.165, 1.54) is 17.7 Å². The Morgan fingerprint density at radius 3 is 3.11 bits per heavy atom. The van der Waals surface area contributed by atoms with Crippen LogP contribution in [0.1, 0.15) is 48.8 Å². The minimum atomic E-state index is 0.298. The number of H-pyrrole nitrogens is 1. The van der Waals surface area contributed by atoms with E-state index in [1.54, 1.807) is 7.11 Å². The third kappa shape index (κ3) is 4.03. The Labute approximate surface area is 165 Å². The summed E-state index contributed by atoms with van der Waals surface area (Å²) in [6, 6.07) is 10.8. The molecule has 2 aromatic heterocycles. The largest absolute Gasteiger partial charge is 0.494 e. The molecule has 3 aromatic rings. The molecule has 1 aromatic carbocycles. The van der Waals surface area contributed by atoms with E-state index in [0.717, 1.165) is 54.7 Å². The molecule has 2 heterocycles. The van der Waals surface area contributed by atoms with Crippen molar-refractivity contribution in [1.29, 1.82) is 0 Å². The van der Waals surface area contributed by atoms with Gasteiger partial charge < -0.3 is 20.8 Å². The lowest BCUT2D eigenvalue weighted by Gasteiger charge is -2.29.